The molecule has 1 aromatic carbocycles. The minimum absolute atomic E-state index is 0.446. The Bertz CT molecular complexity index is 750. The SMILES string of the molecule is Nc1[nH]nc2c1c(-c1ccccc1)nn2C1CCCCC1. The molecule has 0 spiro atoms. The van der Waals surface area contributed by atoms with Gasteiger partial charge in [-0.25, -0.2) is 4.68 Å². The maximum absolute atomic E-state index is 6.09. The van der Waals surface area contributed by atoms with Gasteiger partial charge in [0.05, 0.1) is 11.4 Å². The van der Waals surface area contributed by atoms with Crippen molar-refractivity contribution in [3.63, 3.8) is 0 Å². The van der Waals surface area contributed by atoms with Crippen LogP contribution in [0, 0.1) is 0 Å². The molecule has 0 radical (unpaired) electrons. The average molecular weight is 281 g/mol. The van der Waals surface area contributed by atoms with E-state index in [1.807, 2.05) is 18.2 Å². The van der Waals surface area contributed by atoms with Crippen LogP contribution in [0.3, 0.4) is 0 Å². The Balaban J connectivity index is 1.89. The number of nitrogens with zero attached hydrogens (tertiary/aromatic N) is 3. The molecule has 0 bridgehead atoms. The van der Waals surface area contributed by atoms with E-state index >= 15 is 0 Å². The lowest BCUT2D eigenvalue weighted by molar-refractivity contribution is 0.336. The molecular weight excluding hydrogens is 262 g/mol. The van der Waals surface area contributed by atoms with Crippen LogP contribution in [0.1, 0.15) is 38.1 Å². The van der Waals surface area contributed by atoms with Gasteiger partial charge in [-0.3, -0.25) is 5.10 Å². The lowest BCUT2D eigenvalue weighted by atomic mass is 9.96. The molecule has 0 atom stereocenters. The zero-order valence-corrected chi connectivity index (χ0v) is 11.9. The van der Waals surface area contributed by atoms with Crippen LogP contribution >= 0.6 is 0 Å². The first kappa shape index (κ1) is 12.4. The van der Waals surface area contributed by atoms with E-state index in [0.29, 0.717) is 11.9 Å². The first-order chi connectivity index (χ1) is 10.3. The van der Waals surface area contributed by atoms with E-state index in [9.17, 15) is 0 Å². The summed E-state index contributed by atoms with van der Waals surface area (Å²) in [6.07, 6.45) is 6.23. The third-order valence-electron chi connectivity index (χ3n) is 4.40. The van der Waals surface area contributed by atoms with Crippen LogP contribution in [-0.4, -0.2) is 20.0 Å². The second-order valence-electron chi connectivity index (χ2n) is 5.79. The van der Waals surface area contributed by atoms with Crippen molar-refractivity contribution in [3.8, 4) is 11.3 Å². The smallest absolute Gasteiger partial charge is 0.182 e. The Morgan fingerprint density at radius 3 is 2.62 bits per heavy atom. The average Bonchev–Trinajstić information content (AvgIpc) is 3.10. The first-order valence-corrected chi connectivity index (χ1v) is 7.62. The van der Waals surface area contributed by atoms with Crippen LogP contribution in [0.4, 0.5) is 5.82 Å². The van der Waals surface area contributed by atoms with Crippen LogP contribution < -0.4 is 5.73 Å². The van der Waals surface area contributed by atoms with E-state index < -0.39 is 0 Å². The largest absolute Gasteiger partial charge is 0.383 e. The second kappa shape index (κ2) is 4.91. The van der Waals surface area contributed by atoms with Gasteiger partial charge < -0.3 is 5.73 Å². The highest BCUT2D eigenvalue weighted by Crippen LogP contribution is 2.35. The van der Waals surface area contributed by atoms with Gasteiger partial charge in [-0.2, -0.15) is 10.2 Å². The van der Waals surface area contributed by atoms with Crippen LogP contribution in [0.5, 0.6) is 0 Å². The summed E-state index contributed by atoms with van der Waals surface area (Å²) < 4.78 is 2.09. The summed E-state index contributed by atoms with van der Waals surface area (Å²) in [5.41, 5.74) is 8.99. The van der Waals surface area contributed by atoms with E-state index in [1.54, 1.807) is 0 Å². The van der Waals surface area contributed by atoms with Crippen molar-refractivity contribution in [2.45, 2.75) is 38.1 Å². The van der Waals surface area contributed by atoms with Gasteiger partial charge in [0.2, 0.25) is 0 Å². The lowest BCUT2D eigenvalue weighted by Crippen LogP contribution is -2.14. The molecular formula is C16H19N5. The third kappa shape index (κ3) is 2.00. The molecule has 2 heterocycles. The van der Waals surface area contributed by atoms with Crippen LogP contribution in [0.2, 0.25) is 0 Å². The minimum Gasteiger partial charge on any atom is -0.383 e. The molecule has 1 aliphatic carbocycles. The fourth-order valence-corrected chi connectivity index (χ4v) is 3.33. The van der Waals surface area contributed by atoms with Gasteiger partial charge in [0.25, 0.3) is 0 Å². The van der Waals surface area contributed by atoms with Crippen molar-refractivity contribution in [2.24, 2.45) is 0 Å². The molecule has 0 unspecified atom stereocenters. The minimum atomic E-state index is 0.446. The fourth-order valence-electron chi connectivity index (χ4n) is 3.33. The summed E-state index contributed by atoms with van der Waals surface area (Å²) in [5, 5.41) is 13.1. The predicted molar refractivity (Wildman–Crippen MR) is 83.8 cm³/mol. The van der Waals surface area contributed by atoms with Crippen molar-refractivity contribution in [1.29, 1.82) is 0 Å². The molecule has 0 saturated heterocycles. The molecule has 5 nitrogen and oxygen atoms in total. The first-order valence-electron chi connectivity index (χ1n) is 7.62. The summed E-state index contributed by atoms with van der Waals surface area (Å²) in [7, 11) is 0. The molecule has 4 rings (SSSR count). The topological polar surface area (TPSA) is 72.5 Å². The summed E-state index contributed by atoms with van der Waals surface area (Å²) >= 11 is 0. The molecule has 108 valence electrons. The molecule has 5 heteroatoms. The van der Waals surface area contributed by atoms with E-state index in [4.69, 9.17) is 10.8 Å². The number of nitrogens with two attached hydrogens (primary N) is 1. The molecule has 0 aliphatic heterocycles. The Morgan fingerprint density at radius 1 is 1.10 bits per heavy atom. The van der Waals surface area contributed by atoms with Gasteiger partial charge in [-0.15, -0.1) is 0 Å². The van der Waals surface area contributed by atoms with Crippen LogP contribution in [0.15, 0.2) is 30.3 Å². The summed E-state index contributed by atoms with van der Waals surface area (Å²) in [6.45, 7) is 0. The number of nitrogen functional groups attached to an aromatic ring is 1. The maximum atomic E-state index is 6.09. The van der Waals surface area contributed by atoms with Gasteiger partial charge in [-0.1, -0.05) is 49.6 Å². The molecule has 1 saturated carbocycles. The Hall–Kier alpha value is -2.30. The molecule has 3 N–H and O–H groups in total. The standard InChI is InChI=1S/C16H19N5/c17-15-13-14(11-7-3-1-4-8-11)20-21(16(13)19-18-15)12-9-5-2-6-10-12/h1,3-4,7-8,12H,2,5-6,9-10H2,(H3,17,18,19). The van der Waals surface area contributed by atoms with E-state index in [1.165, 1.54) is 32.1 Å². The Labute approximate surface area is 123 Å². The number of aromatic amines is 1. The van der Waals surface area contributed by atoms with Gasteiger partial charge in [0.1, 0.15) is 11.5 Å². The molecule has 21 heavy (non-hydrogen) atoms. The monoisotopic (exact) mass is 281 g/mol. The molecule has 1 fully saturated rings. The number of benzene rings is 1. The number of rotatable bonds is 2. The van der Waals surface area contributed by atoms with Crippen LogP contribution in [0.25, 0.3) is 22.3 Å². The Kier molecular flexibility index (Phi) is 2.91. The van der Waals surface area contributed by atoms with E-state index in [2.05, 4.69) is 27.0 Å². The van der Waals surface area contributed by atoms with Gasteiger partial charge in [0, 0.05) is 5.56 Å². The summed E-state index contributed by atoms with van der Waals surface area (Å²) in [5.74, 6) is 0.603. The normalized spacial score (nSPS) is 16.6. The highest BCUT2D eigenvalue weighted by atomic mass is 15.4. The fraction of sp³-hybridized carbons (Fsp3) is 0.375. The van der Waals surface area contributed by atoms with Gasteiger partial charge >= 0.3 is 0 Å². The predicted octanol–water partition coefficient (Wildman–Crippen LogP) is 3.51. The van der Waals surface area contributed by atoms with Crippen molar-refractivity contribution >= 4 is 16.9 Å². The van der Waals surface area contributed by atoms with E-state index in [0.717, 1.165) is 22.3 Å². The molecule has 3 aromatic rings. The zero-order chi connectivity index (χ0) is 14.2. The number of nitrogens with one attached hydrogen (secondary N) is 1. The maximum Gasteiger partial charge on any atom is 0.182 e. The van der Waals surface area contributed by atoms with Crippen molar-refractivity contribution in [3.05, 3.63) is 30.3 Å². The Morgan fingerprint density at radius 2 is 1.86 bits per heavy atom. The number of hydrogen-bond acceptors (Lipinski definition) is 3. The van der Waals surface area contributed by atoms with Crippen molar-refractivity contribution in [2.75, 3.05) is 5.73 Å². The van der Waals surface area contributed by atoms with E-state index in [-0.39, 0.29) is 0 Å². The van der Waals surface area contributed by atoms with Crippen molar-refractivity contribution < 1.29 is 0 Å². The molecule has 1 aliphatic rings. The number of H-pyrrole nitrogens is 1. The second-order valence-corrected chi connectivity index (χ2v) is 5.79. The highest BCUT2D eigenvalue weighted by molar-refractivity contribution is 5.98. The molecule has 0 amide bonds. The number of aromatic nitrogens is 4. The molecule has 2 aromatic heterocycles. The van der Waals surface area contributed by atoms with Crippen LogP contribution in [-0.2, 0) is 0 Å². The van der Waals surface area contributed by atoms with Gasteiger partial charge in [0.15, 0.2) is 5.65 Å². The summed E-state index contributed by atoms with van der Waals surface area (Å²) in [6, 6.07) is 10.6. The third-order valence-corrected chi connectivity index (χ3v) is 4.40. The van der Waals surface area contributed by atoms with Gasteiger partial charge in [-0.05, 0) is 12.8 Å². The zero-order valence-electron chi connectivity index (χ0n) is 11.9. The quantitative estimate of drug-likeness (QED) is 0.755. The number of fused-ring (bicyclic) bond motifs is 1. The number of hydrogen-bond donors (Lipinski definition) is 2. The number of anilines is 1. The lowest BCUT2D eigenvalue weighted by Gasteiger charge is -2.21. The van der Waals surface area contributed by atoms with Crippen molar-refractivity contribution in [1.82, 2.24) is 20.0 Å². The summed E-state index contributed by atoms with van der Waals surface area (Å²) in [4.78, 5) is 0. The highest BCUT2D eigenvalue weighted by Gasteiger charge is 2.24.